The van der Waals surface area contributed by atoms with Crippen LogP contribution < -0.4 is 16.0 Å². The Morgan fingerprint density at radius 2 is 1.88 bits per heavy atom. The molecular formula is C19H26N4O2S. The Balaban J connectivity index is 2.18. The number of thiazole rings is 1. The molecule has 0 aliphatic carbocycles. The molecule has 3 N–H and O–H groups in total. The van der Waals surface area contributed by atoms with Crippen molar-refractivity contribution in [1.82, 2.24) is 10.3 Å². The van der Waals surface area contributed by atoms with Gasteiger partial charge in [0.2, 0.25) is 11.8 Å². The Labute approximate surface area is 158 Å². The minimum absolute atomic E-state index is 0.104. The molecule has 6 nitrogen and oxygen atoms in total. The van der Waals surface area contributed by atoms with E-state index in [4.69, 9.17) is 5.73 Å². The summed E-state index contributed by atoms with van der Waals surface area (Å²) in [5.74, 6) is -0.495. The second-order valence-corrected chi connectivity index (χ2v) is 8.23. The van der Waals surface area contributed by atoms with Gasteiger partial charge in [0.15, 0.2) is 5.13 Å². The molecule has 1 aromatic heterocycles. The summed E-state index contributed by atoms with van der Waals surface area (Å²) in [5, 5.41) is 5.65. The summed E-state index contributed by atoms with van der Waals surface area (Å²) in [6.45, 7) is 9.78. The van der Waals surface area contributed by atoms with Crippen LogP contribution in [0.1, 0.15) is 39.0 Å². The maximum atomic E-state index is 12.1. The minimum Gasteiger partial charge on any atom is -0.368 e. The van der Waals surface area contributed by atoms with Crippen molar-refractivity contribution >= 4 is 34.0 Å². The van der Waals surface area contributed by atoms with Crippen LogP contribution in [-0.2, 0) is 16.1 Å². The summed E-state index contributed by atoms with van der Waals surface area (Å²) in [6, 6.07) is 7.26. The zero-order valence-corrected chi connectivity index (χ0v) is 16.7. The lowest BCUT2D eigenvalue weighted by Gasteiger charge is -2.28. The summed E-state index contributed by atoms with van der Waals surface area (Å²) >= 11 is 1.39. The fraction of sp³-hybridized carbons (Fsp3) is 0.421. The molecule has 2 aromatic rings. The van der Waals surface area contributed by atoms with E-state index in [-0.39, 0.29) is 11.3 Å². The van der Waals surface area contributed by atoms with E-state index in [2.05, 4.69) is 10.3 Å². The highest BCUT2D eigenvalue weighted by molar-refractivity contribution is 7.14. The maximum absolute atomic E-state index is 12.1. The van der Waals surface area contributed by atoms with Crippen LogP contribution in [0.15, 0.2) is 29.6 Å². The van der Waals surface area contributed by atoms with Gasteiger partial charge >= 0.3 is 0 Å². The van der Waals surface area contributed by atoms with E-state index in [1.807, 2.05) is 57.3 Å². The summed E-state index contributed by atoms with van der Waals surface area (Å²) < 4.78 is 0. The van der Waals surface area contributed by atoms with Crippen molar-refractivity contribution < 1.29 is 9.59 Å². The van der Waals surface area contributed by atoms with Crippen LogP contribution in [-0.4, -0.2) is 22.8 Å². The smallest absolute Gasteiger partial charge is 0.235 e. The zero-order valence-electron chi connectivity index (χ0n) is 15.9. The highest BCUT2D eigenvalue weighted by Gasteiger charge is 2.29. The molecular weight excluding hydrogens is 348 g/mol. The third-order valence-electron chi connectivity index (χ3n) is 3.98. The van der Waals surface area contributed by atoms with Gasteiger partial charge in [-0.3, -0.25) is 19.8 Å². The van der Waals surface area contributed by atoms with Gasteiger partial charge in [-0.1, -0.05) is 38.5 Å². The van der Waals surface area contributed by atoms with Crippen LogP contribution in [0.5, 0.6) is 0 Å². The quantitative estimate of drug-likeness (QED) is 0.813. The Hall–Kier alpha value is -2.25. The van der Waals surface area contributed by atoms with Crippen molar-refractivity contribution in [1.29, 1.82) is 0 Å². The number of hydrogen-bond donors (Lipinski definition) is 2. The fourth-order valence-electron chi connectivity index (χ4n) is 2.64. The number of aryl methyl sites for hydroxylation is 1. The van der Waals surface area contributed by atoms with E-state index >= 15 is 0 Å². The van der Waals surface area contributed by atoms with E-state index in [0.717, 1.165) is 16.9 Å². The summed E-state index contributed by atoms with van der Waals surface area (Å²) in [7, 11) is 0. The van der Waals surface area contributed by atoms with Crippen molar-refractivity contribution in [2.24, 2.45) is 11.1 Å². The third kappa shape index (κ3) is 4.89. The van der Waals surface area contributed by atoms with Crippen molar-refractivity contribution in [2.45, 2.75) is 47.2 Å². The van der Waals surface area contributed by atoms with E-state index in [1.165, 1.54) is 18.3 Å². The second-order valence-electron chi connectivity index (χ2n) is 7.39. The summed E-state index contributed by atoms with van der Waals surface area (Å²) in [5.41, 5.74) is 7.87. The van der Waals surface area contributed by atoms with E-state index in [0.29, 0.717) is 11.7 Å². The Kier molecular flexibility index (Phi) is 6.15. The molecule has 7 heteroatoms. The molecule has 0 radical (unpaired) electrons. The lowest BCUT2D eigenvalue weighted by Crippen LogP contribution is -2.49. The molecule has 140 valence electrons. The Morgan fingerprint density at radius 3 is 2.38 bits per heavy atom. The van der Waals surface area contributed by atoms with Crippen LogP contribution in [0.3, 0.4) is 0 Å². The summed E-state index contributed by atoms with van der Waals surface area (Å²) in [6.07, 6.45) is 0. The van der Waals surface area contributed by atoms with Crippen molar-refractivity contribution in [2.75, 3.05) is 4.90 Å². The Morgan fingerprint density at radius 1 is 1.27 bits per heavy atom. The predicted molar refractivity (Wildman–Crippen MR) is 105 cm³/mol. The van der Waals surface area contributed by atoms with Gasteiger partial charge in [0.1, 0.15) is 0 Å². The number of nitrogens with zero attached hydrogens (tertiary/aromatic N) is 2. The van der Waals surface area contributed by atoms with E-state index < -0.39 is 11.9 Å². The predicted octanol–water partition coefficient (Wildman–Crippen LogP) is 3.13. The Bertz CT molecular complexity index is 778. The molecule has 0 saturated carbocycles. The highest BCUT2D eigenvalue weighted by atomic mass is 32.1. The van der Waals surface area contributed by atoms with Crippen LogP contribution in [0.2, 0.25) is 0 Å². The van der Waals surface area contributed by atoms with Gasteiger partial charge in [-0.15, -0.1) is 11.3 Å². The van der Waals surface area contributed by atoms with Gasteiger partial charge in [0.25, 0.3) is 0 Å². The number of nitrogens with two attached hydrogens (primary N) is 1. The molecule has 1 unspecified atom stereocenters. The average molecular weight is 375 g/mol. The summed E-state index contributed by atoms with van der Waals surface area (Å²) in [4.78, 5) is 30.0. The first kappa shape index (κ1) is 20.1. The molecule has 0 saturated heterocycles. The van der Waals surface area contributed by atoms with Crippen molar-refractivity contribution in [3.05, 3.63) is 40.9 Å². The fourth-order valence-corrected chi connectivity index (χ4v) is 3.53. The van der Waals surface area contributed by atoms with Crippen molar-refractivity contribution in [3.8, 4) is 0 Å². The molecule has 2 rings (SSSR count). The van der Waals surface area contributed by atoms with Crippen LogP contribution in [0, 0.1) is 12.3 Å². The van der Waals surface area contributed by atoms with Gasteiger partial charge in [0.05, 0.1) is 17.4 Å². The van der Waals surface area contributed by atoms with Gasteiger partial charge in [0, 0.05) is 18.8 Å². The number of primary amides is 1. The van der Waals surface area contributed by atoms with Gasteiger partial charge < -0.3 is 5.73 Å². The van der Waals surface area contributed by atoms with E-state index in [9.17, 15) is 9.59 Å². The number of nitrogens with one attached hydrogen (secondary N) is 1. The molecule has 0 bridgehead atoms. The number of rotatable bonds is 6. The van der Waals surface area contributed by atoms with Gasteiger partial charge in [-0.05, 0) is 24.5 Å². The lowest BCUT2D eigenvalue weighted by atomic mass is 9.86. The molecule has 0 spiro atoms. The molecule has 2 amide bonds. The van der Waals surface area contributed by atoms with E-state index in [1.54, 1.807) is 4.90 Å². The molecule has 26 heavy (non-hydrogen) atoms. The zero-order chi connectivity index (χ0) is 19.5. The van der Waals surface area contributed by atoms with Crippen LogP contribution >= 0.6 is 11.3 Å². The molecule has 1 atom stereocenters. The first-order valence-electron chi connectivity index (χ1n) is 8.44. The van der Waals surface area contributed by atoms with Crippen LogP contribution in [0.25, 0.3) is 0 Å². The van der Waals surface area contributed by atoms with Gasteiger partial charge in [-0.2, -0.15) is 0 Å². The SMILES string of the molecule is CC(=O)N(c1ccc(C)cc1)c1nc(CNC(C(N)=O)C(C)(C)C)cs1. The molecule has 0 aliphatic heterocycles. The molecule has 1 aromatic carbocycles. The number of carbonyl (C=O) groups excluding carboxylic acids is 2. The lowest BCUT2D eigenvalue weighted by molar-refractivity contribution is -0.122. The topological polar surface area (TPSA) is 88.3 Å². The van der Waals surface area contributed by atoms with Gasteiger partial charge in [-0.25, -0.2) is 4.98 Å². The second kappa shape index (κ2) is 7.97. The number of carbonyl (C=O) groups is 2. The highest BCUT2D eigenvalue weighted by Crippen LogP contribution is 2.29. The molecule has 0 fully saturated rings. The average Bonchev–Trinajstić information content (AvgIpc) is 2.96. The maximum Gasteiger partial charge on any atom is 0.235 e. The number of amides is 2. The minimum atomic E-state index is -0.464. The molecule has 1 heterocycles. The van der Waals surface area contributed by atoms with Crippen LogP contribution in [0.4, 0.5) is 10.8 Å². The number of hydrogen-bond acceptors (Lipinski definition) is 5. The third-order valence-corrected chi connectivity index (χ3v) is 4.85. The number of benzene rings is 1. The normalized spacial score (nSPS) is 12.7. The first-order chi connectivity index (χ1) is 12.1. The van der Waals surface area contributed by atoms with Crippen molar-refractivity contribution in [3.63, 3.8) is 0 Å². The number of aromatic nitrogens is 1. The largest absolute Gasteiger partial charge is 0.368 e. The monoisotopic (exact) mass is 374 g/mol. The first-order valence-corrected chi connectivity index (χ1v) is 9.32. The standard InChI is InChI=1S/C19H26N4O2S/c1-12-6-8-15(9-7-12)23(13(2)24)18-22-14(11-26-18)10-21-16(17(20)25)19(3,4)5/h6-9,11,16,21H,10H2,1-5H3,(H2,20,25). The molecule has 0 aliphatic rings. The number of anilines is 2.